The lowest BCUT2D eigenvalue weighted by molar-refractivity contribution is -0.126. The zero-order valence-electron chi connectivity index (χ0n) is 15.1. The molecule has 2 N–H and O–H groups in total. The summed E-state index contributed by atoms with van der Waals surface area (Å²) >= 11 is 3.30. The lowest BCUT2D eigenvalue weighted by atomic mass is 10.1. The third-order valence-corrected chi connectivity index (χ3v) is 5.07. The number of hydrogen-bond acceptors (Lipinski definition) is 3. The van der Waals surface area contributed by atoms with Crippen molar-refractivity contribution < 1.29 is 14.4 Å². The van der Waals surface area contributed by atoms with Gasteiger partial charge in [0.05, 0.1) is 5.92 Å². The first kappa shape index (κ1) is 19.1. The number of hydrazine groups is 1. The average molecular weight is 430 g/mol. The van der Waals surface area contributed by atoms with E-state index in [9.17, 15) is 14.4 Å². The monoisotopic (exact) mass is 429 g/mol. The summed E-state index contributed by atoms with van der Waals surface area (Å²) in [4.78, 5) is 38.5. The van der Waals surface area contributed by atoms with E-state index in [1.54, 1.807) is 29.2 Å². The van der Waals surface area contributed by atoms with Crippen LogP contribution in [0.25, 0.3) is 0 Å². The minimum absolute atomic E-state index is 0.0960. The second-order valence-electron chi connectivity index (χ2n) is 6.65. The summed E-state index contributed by atoms with van der Waals surface area (Å²) in [5.74, 6) is -1.39. The normalized spacial score (nSPS) is 16.3. The number of amides is 3. The van der Waals surface area contributed by atoms with Gasteiger partial charge >= 0.3 is 0 Å². The van der Waals surface area contributed by atoms with E-state index in [0.717, 1.165) is 21.3 Å². The summed E-state index contributed by atoms with van der Waals surface area (Å²) in [6, 6.07) is 12.6. The van der Waals surface area contributed by atoms with Crippen LogP contribution < -0.4 is 15.8 Å². The molecule has 6 nitrogen and oxygen atoms in total. The van der Waals surface area contributed by atoms with Gasteiger partial charge in [0.2, 0.25) is 11.8 Å². The van der Waals surface area contributed by atoms with E-state index in [2.05, 4.69) is 26.8 Å². The van der Waals surface area contributed by atoms with Gasteiger partial charge in [0.1, 0.15) is 0 Å². The maximum absolute atomic E-state index is 12.4. The van der Waals surface area contributed by atoms with Gasteiger partial charge in [-0.3, -0.25) is 25.2 Å². The van der Waals surface area contributed by atoms with E-state index in [0.29, 0.717) is 12.1 Å². The zero-order chi connectivity index (χ0) is 19.6. The average Bonchev–Trinajstić information content (AvgIpc) is 3.01. The second-order valence-corrected chi connectivity index (χ2v) is 7.56. The molecule has 1 aliphatic heterocycles. The third kappa shape index (κ3) is 4.36. The minimum atomic E-state index is -0.511. The highest BCUT2D eigenvalue weighted by molar-refractivity contribution is 9.10. The number of nitrogens with zero attached hydrogens (tertiary/aromatic N) is 1. The van der Waals surface area contributed by atoms with Crippen LogP contribution in [-0.4, -0.2) is 24.3 Å². The summed E-state index contributed by atoms with van der Waals surface area (Å²) in [6.07, 6.45) is 0.118. The Morgan fingerprint density at radius 1 is 1.07 bits per heavy atom. The first-order valence-electron chi connectivity index (χ1n) is 8.58. The molecule has 7 heteroatoms. The van der Waals surface area contributed by atoms with Crippen LogP contribution >= 0.6 is 15.9 Å². The van der Waals surface area contributed by atoms with E-state index >= 15 is 0 Å². The van der Waals surface area contributed by atoms with Crippen LogP contribution in [0.2, 0.25) is 0 Å². The number of hydrogen-bond donors (Lipinski definition) is 2. The molecule has 0 spiro atoms. The quantitative estimate of drug-likeness (QED) is 0.736. The number of nitrogens with one attached hydrogen (secondary N) is 2. The van der Waals surface area contributed by atoms with E-state index in [-0.39, 0.29) is 18.2 Å². The van der Waals surface area contributed by atoms with Crippen molar-refractivity contribution in [1.29, 1.82) is 0 Å². The van der Waals surface area contributed by atoms with Gasteiger partial charge < -0.3 is 4.90 Å². The van der Waals surface area contributed by atoms with Gasteiger partial charge in [-0.2, -0.15) is 0 Å². The number of aryl methyl sites for hydroxylation is 2. The van der Waals surface area contributed by atoms with E-state index in [1.807, 2.05) is 32.0 Å². The standard InChI is InChI=1S/C20H20BrN3O3/c1-12-3-8-17(13(2)9-12)24-11-15(10-18(24)25)20(27)23-22-19(26)14-4-6-16(21)7-5-14/h3-9,15H,10-11H2,1-2H3,(H,22,26)(H,23,27)/t15-/m0/s1. The molecule has 0 saturated carbocycles. The molecule has 1 fully saturated rings. The molecule has 0 unspecified atom stereocenters. The van der Waals surface area contributed by atoms with Crippen molar-refractivity contribution in [1.82, 2.24) is 10.9 Å². The molecule has 0 aliphatic carbocycles. The Morgan fingerprint density at radius 3 is 2.44 bits per heavy atom. The fraction of sp³-hybridized carbons (Fsp3) is 0.250. The van der Waals surface area contributed by atoms with Crippen LogP contribution in [0.5, 0.6) is 0 Å². The van der Waals surface area contributed by atoms with E-state index < -0.39 is 11.8 Å². The van der Waals surface area contributed by atoms with Gasteiger partial charge in [0.25, 0.3) is 5.91 Å². The number of anilines is 1. The van der Waals surface area contributed by atoms with Crippen LogP contribution in [-0.2, 0) is 9.59 Å². The fourth-order valence-corrected chi connectivity index (χ4v) is 3.38. The molecule has 2 aromatic rings. The Hall–Kier alpha value is -2.67. The Kier molecular flexibility index (Phi) is 5.60. The van der Waals surface area contributed by atoms with Gasteiger partial charge in [0.15, 0.2) is 0 Å². The molecule has 3 rings (SSSR count). The first-order valence-corrected chi connectivity index (χ1v) is 9.38. The van der Waals surface area contributed by atoms with Crippen molar-refractivity contribution in [2.75, 3.05) is 11.4 Å². The fourth-order valence-electron chi connectivity index (χ4n) is 3.12. The van der Waals surface area contributed by atoms with Crippen molar-refractivity contribution in [3.05, 3.63) is 63.6 Å². The molecule has 0 radical (unpaired) electrons. The number of rotatable bonds is 3. The summed E-state index contributed by atoms with van der Waals surface area (Å²) in [6.45, 7) is 4.23. The first-order chi connectivity index (χ1) is 12.8. The van der Waals surface area contributed by atoms with Crippen LogP contribution in [0, 0.1) is 19.8 Å². The molecule has 27 heavy (non-hydrogen) atoms. The van der Waals surface area contributed by atoms with Crippen molar-refractivity contribution >= 4 is 39.3 Å². The minimum Gasteiger partial charge on any atom is -0.311 e. The predicted molar refractivity (Wildman–Crippen MR) is 106 cm³/mol. The maximum atomic E-state index is 12.4. The summed E-state index contributed by atoms with van der Waals surface area (Å²) < 4.78 is 0.860. The summed E-state index contributed by atoms with van der Waals surface area (Å²) in [5, 5.41) is 0. The molecular weight excluding hydrogens is 410 g/mol. The molecule has 1 saturated heterocycles. The molecule has 1 heterocycles. The molecule has 2 aromatic carbocycles. The predicted octanol–water partition coefficient (Wildman–Crippen LogP) is 2.88. The molecule has 140 valence electrons. The van der Waals surface area contributed by atoms with E-state index in [1.165, 1.54) is 0 Å². The number of benzene rings is 2. The molecular formula is C20H20BrN3O3. The number of halogens is 1. The lowest BCUT2D eigenvalue weighted by Gasteiger charge is -2.19. The smallest absolute Gasteiger partial charge is 0.269 e. The molecule has 1 aliphatic rings. The zero-order valence-corrected chi connectivity index (χ0v) is 16.7. The van der Waals surface area contributed by atoms with Crippen LogP contribution in [0.15, 0.2) is 46.9 Å². The van der Waals surface area contributed by atoms with Gasteiger partial charge in [0, 0.05) is 28.7 Å². The van der Waals surface area contributed by atoms with Crippen molar-refractivity contribution in [3.8, 4) is 0 Å². The molecule has 0 bridgehead atoms. The van der Waals surface area contributed by atoms with Gasteiger partial charge in [-0.25, -0.2) is 0 Å². The molecule has 0 aromatic heterocycles. The third-order valence-electron chi connectivity index (χ3n) is 4.54. The van der Waals surface area contributed by atoms with Crippen LogP contribution in [0.1, 0.15) is 27.9 Å². The topological polar surface area (TPSA) is 78.5 Å². The highest BCUT2D eigenvalue weighted by atomic mass is 79.9. The SMILES string of the molecule is Cc1ccc(N2C[C@@H](C(=O)NNC(=O)c3ccc(Br)cc3)CC2=O)c(C)c1. The highest BCUT2D eigenvalue weighted by Crippen LogP contribution is 2.28. The Labute approximate surface area is 166 Å². The van der Waals surface area contributed by atoms with Gasteiger partial charge in [-0.05, 0) is 49.7 Å². The van der Waals surface area contributed by atoms with Crippen LogP contribution in [0.3, 0.4) is 0 Å². The summed E-state index contributed by atoms with van der Waals surface area (Å²) in [5.41, 5.74) is 8.18. The Balaban J connectivity index is 1.60. The lowest BCUT2D eigenvalue weighted by Crippen LogP contribution is -2.45. The maximum Gasteiger partial charge on any atom is 0.269 e. The van der Waals surface area contributed by atoms with Crippen LogP contribution in [0.4, 0.5) is 5.69 Å². The number of carbonyl (C=O) groups is 3. The van der Waals surface area contributed by atoms with Gasteiger partial charge in [-0.15, -0.1) is 0 Å². The Morgan fingerprint density at radius 2 is 1.78 bits per heavy atom. The van der Waals surface area contributed by atoms with Crippen molar-refractivity contribution in [2.45, 2.75) is 20.3 Å². The van der Waals surface area contributed by atoms with E-state index in [4.69, 9.17) is 0 Å². The Bertz CT molecular complexity index is 896. The van der Waals surface area contributed by atoms with Gasteiger partial charge in [-0.1, -0.05) is 33.6 Å². The van der Waals surface area contributed by atoms with Crippen molar-refractivity contribution in [3.63, 3.8) is 0 Å². The van der Waals surface area contributed by atoms with Crippen molar-refractivity contribution in [2.24, 2.45) is 5.92 Å². The molecule has 3 amide bonds. The molecule has 1 atom stereocenters. The largest absolute Gasteiger partial charge is 0.311 e. The summed E-state index contributed by atoms with van der Waals surface area (Å²) in [7, 11) is 0. The highest BCUT2D eigenvalue weighted by Gasteiger charge is 2.35. The number of carbonyl (C=O) groups excluding carboxylic acids is 3. The second kappa shape index (κ2) is 7.92.